The Kier molecular flexibility index (Phi) is 3.24. The van der Waals surface area contributed by atoms with E-state index in [1.54, 1.807) is 0 Å². The van der Waals surface area contributed by atoms with Crippen molar-refractivity contribution in [1.82, 2.24) is 0 Å². The Hall–Kier alpha value is -1.10. The van der Waals surface area contributed by atoms with Crippen molar-refractivity contribution in [2.45, 2.75) is 25.3 Å². The molecule has 1 aliphatic heterocycles. The maximum atomic E-state index is 6.11. The lowest BCUT2D eigenvalue weighted by Crippen LogP contribution is -2.33. The number of allylic oxidation sites excluding steroid dienone is 2. The molecule has 3 rings (SSSR count). The second-order valence-corrected chi connectivity index (χ2v) is 7.48. The van der Waals surface area contributed by atoms with Crippen LogP contribution in [0.25, 0.3) is 0 Å². The third-order valence-corrected chi connectivity index (χ3v) is 4.99. The van der Waals surface area contributed by atoms with Gasteiger partial charge in [-0.2, -0.15) is 0 Å². The highest BCUT2D eigenvalue weighted by molar-refractivity contribution is 6.65. The van der Waals surface area contributed by atoms with Gasteiger partial charge in [0.2, 0.25) is 0 Å². The molecule has 1 fully saturated rings. The lowest BCUT2D eigenvalue weighted by molar-refractivity contribution is 0.228. The van der Waals surface area contributed by atoms with Crippen LogP contribution in [0.1, 0.15) is 0 Å². The van der Waals surface area contributed by atoms with Crippen molar-refractivity contribution in [1.29, 1.82) is 0 Å². The van der Waals surface area contributed by atoms with Gasteiger partial charge in [0.1, 0.15) is 0 Å². The van der Waals surface area contributed by atoms with E-state index >= 15 is 0 Å². The van der Waals surface area contributed by atoms with Crippen molar-refractivity contribution >= 4 is 21.4 Å². The van der Waals surface area contributed by atoms with Gasteiger partial charge in [-0.3, -0.25) is 0 Å². The third kappa shape index (κ3) is 2.11. The summed E-state index contributed by atoms with van der Waals surface area (Å²) in [6.45, 7) is 4.60. The zero-order valence-electron chi connectivity index (χ0n) is 10.7. The van der Waals surface area contributed by atoms with Crippen molar-refractivity contribution in [3.8, 4) is 0 Å². The Morgan fingerprint density at radius 3 is 2.61 bits per heavy atom. The third-order valence-electron chi connectivity index (χ3n) is 3.38. The van der Waals surface area contributed by atoms with E-state index in [2.05, 4.69) is 43.5 Å². The van der Waals surface area contributed by atoms with Crippen LogP contribution in [-0.4, -0.2) is 28.1 Å². The molecular formula is C14H16BO2Si. The highest BCUT2D eigenvalue weighted by Crippen LogP contribution is 2.28. The minimum atomic E-state index is -0.488. The van der Waals surface area contributed by atoms with Gasteiger partial charge in [0.05, 0.1) is 21.0 Å². The normalized spacial score (nSPS) is 26.4. The van der Waals surface area contributed by atoms with Gasteiger partial charge in [0, 0.05) is 0 Å². The molecule has 1 saturated heterocycles. The van der Waals surface area contributed by atoms with E-state index in [1.165, 1.54) is 5.20 Å². The summed E-state index contributed by atoms with van der Waals surface area (Å²) in [5.41, 5.74) is 1.10. The molecule has 0 amide bonds. The quantitative estimate of drug-likeness (QED) is 0.752. The molecule has 91 valence electrons. The molecule has 0 unspecified atom stereocenters. The Labute approximate surface area is 110 Å². The van der Waals surface area contributed by atoms with Gasteiger partial charge in [-0.05, 0) is 5.46 Å². The van der Waals surface area contributed by atoms with Crippen molar-refractivity contribution < 1.29 is 9.31 Å². The summed E-state index contributed by atoms with van der Waals surface area (Å²) in [4.78, 5) is 0. The standard InChI is InChI=1S/C14H16BO2Si/c1-18(2)13-10-6-9-12-14(13)17-15(16-12)11-7-4-3-5-8-11/h3-10,12,14H,1-2H3/t12-,14-/m0/s1. The van der Waals surface area contributed by atoms with Crippen LogP contribution in [-0.2, 0) is 9.31 Å². The molecular weight excluding hydrogens is 239 g/mol. The van der Waals surface area contributed by atoms with Crippen molar-refractivity contribution in [3.05, 3.63) is 53.8 Å². The van der Waals surface area contributed by atoms with Crippen LogP contribution >= 0.6 is 0 Å². The zero-order chi connectivity index (χ0) is 12.5. The fourth-order valence-electron chi connectivity index (χ4n) is 2.44. The second kappa shape index (κ2) is 4.88. The molecule has 1 aromatic rings. The number of hydrogen-bond donors (Lipinski definition) is 0. The van der Waals surface area contributed by atoms with Gasteiger partial charge in [0.15, 0.2) is 0 Å². The molecule has 0 spiro atoms. The van der Waals surface area contributed by atoms with Crippen LogP contribution in [0.5, 0.6) is 0 Å². The summed E-state index contributed by atoms with van der Waals surface area (Å²) in [5.74, 6) is 0. The van der Waals surface area contributed by atoms with Crippen LogP contribution in [0.3, 0.4) is 0 Å². The SMILES string of the molecule is C[Si](C)C1=CC=C[C@@H]2OB(c3ccccc3)O[C@H]12. The first-order valence-electron chi connectivity index (χ1n) is 6.30. The molecule has 0 saturated carbocycles. The Morgan fingerprint density at radius 1 is 1.11 bits per heavy atom. The number of hydrogen-bond acceptors (Lipinski definition) is 2. The molecule has 1 radical (unpaired) electrons. The Bertz CT molecular complexity index is 484. The van der Waals surface area contributed by atoms with Gasteiger partial charge in [-0.15, -0.1) is 0 Å². The zero-order valence-corrected chi connectivity index (χ0v) is 11.7. The summed E-state index contributed by atoms with van der Waals surface area (Å²) in [7, 11) is -0.716. The van der Waals surface area contributed by atoms with Gasteiger partial charge >= 0.3 is 7.12 Å². The first-order valence-corrected chi connectivity index (χ1v) is 8.80. The molecule has 2 nitrogen and oxygen atoms in total. The molecule has 4 heteroatoms. The summed E-state index contributed by atoms with van der Waals surface area (Å²) in [5, 5.41) is 1.42. The van der Waals surface area contributed by atoms with E-state index in [0.717, 1.165) is 5.46 Å². The fourth-order valence-corrected chi connectivity index (χ4v) is 3.67. The topological polar surface area (TPSA) is 18.5 Å². The first kappa shape index (κ1) is 12.0. The highest BCUT2D eigenvalue weighted by Gasteiger charge is 2.42. The second-order valence-electron chi connectivity index (χ2n) is 4.91. The number of rotatable bonds is 2. The molecule has 2 aliphatic rings. The molecule has 2 atom stereocenters. The maximum absolute atomic E-state index is 6.11. The molecule has 0 aromatic heterocycles. The molecule has 0 bridgehead atoms. The van der Waals surface area contributed by atoms with Crippen LogP contribution < -0.4 is 5.46 Å². The monoisotopic (exact) mass is 255 g/mol. The van der Waals surface area contributed by atoms with E-state index in [4.69, 9.17) is 9.31 Å². The highest BCUT2D eigenvalue weighted by atomic mass is 28.3. The Balaban J connectivity index is 1.83. The lowest BCUT2D eigenvalue weighted by atomic mass is 9.79. The average molecular weight is 255 g/mol. The minimum absolute atomic E-state index is 0.0788. The van der Waals surface area contributed by atoms with Gasteiger partial charge < -0.3 is 9.31 Å². The van der Waals surface area contributed by atoms with Crippen LogP contribution in [0.2, 0.25) is 13.1 Å². The predicted molar refractivity (Wildman–Crippen MR) is 76.3 cm³/mol. The van der Waals surface area contributed by atoms with Gasteiger partial charge in [-0.1, -0.05) is 66.9 Å². The fraction of sp³-hybridized carbons (Fsp3) is 0.286. The minimum Gasteiger partial charge on any atom is -0.398 e. The maximum Gasteiger partial charge on any atom is 0.494 e. The predicted octanol–water partition coefficient (Wildman–Crippen LogP) is 1.96. The smallest absolute Gasteiger partial charge is 0.398 e. The van der Waals surface area contributed by atoms with Crippen LogP contribution in [0.15, 0.2) is 53.8 Å². The number of fused-ring (bicyclic) bond motifs is 1. The lowest BCUT2D eigenvalue weighted by Gasteiger charge is -2.23. The molecule has 1 aliphatic carbocycles. The molecule has 0 N–H and O–H groups in total. The largest absolute Gasteiger partial charge is 0.494 e. The summed E-state index contributed by atoms with van der Waals surface area (Å²) in [6, 6.07) is 10.2. The van der Waals surface area contributed by atoms with Crippen LogP contribution in [0, 0.1) is 0 Å². The van der Waals surface area contributed by atoms with Gasteiger partial charge in [0.25, 0.3) is 0 Å². The van der Waals surface area contributed by atoms with E-state index in [-0.39, 0.29) is 19.3 Å². The van der Waals surface area contributed by atoms with Crippen molar-refractivity contribution in [3.63, 3.8) is 0 Å². The van der Waals surface area contributed by atoms with Crippen molar-refractivity contribution in [2.75, 3.05) is 0 Å². The summed E-state index contributed by atoms with van der Waals surface area (Å²) in [6.07, 6.45) is 6.60. The van der Waals surface area contributed by atoms with E-state index in [0.29, 0.717) is 0 Å². The first-order chi connectivity index (χ1) is 8.75. The molecule has 1 heterocycles. The van der Waals surface area contributed by atoms with E-state index in [9.17, 15) is 0 Å². The number of benzene rings is 1. The van der Waals surface area contributed by atoms with Gasteiger partial charge in [-0.25, -0.2) is 0 Å². The molecule has 1 aromatic carbocycles. The molecule has 18 heavy (non-hydrogen) atoms. The summed E-state index contributed by atoms with van der Waals surface area (Å²) >= 11 is 0. The van der Waals surface area contributed by atoms with Crippen LogP contribution in [0.4, 0.5) is 0 Å². The van der Waals surface area contributed by atoms with E-state index in [1.807, 2.05) is 18.2 Å². The van der Waals surface area contributed by atoms with E-state index < -0.39 is 8.80 Å². The Morgan fingerprint density at radius 2 is 1.89 bits per heavy atom. The summed E-state index contributed by atoms with van der Waals surface area (Å²) < 4.78 is 12.1. The average Bonchev–Trinajstić information content (AvgIpc) is 2.83. The van der Waals surface area contributed by atoms with Crippen molar-refractivity contribution in [2.24, 2.45) is 0 Å².